The summed E-state index contributed by atoms with van der Waals surface area (Å²) in [5, 5.41) is 4.32. The molecule has 1 saturated heterocycles. The van der Waals surface area contributed by atoms with Gasteiger partial charge >= 0.3 is 6.18 Å². The van der Waals surface area contributed by atoms with Crippen molar-refractivity contribution >= 4 is 16.7 Å². The van der Waals surface area contributed by atoms with E-state index in [0.29, 0.717) is 11.7 Å². The number of anilines is 1. The van der Waals surface area contributed by atoms with Crippen molar-refractivity contribution in [2.24, 2.45) is 0 Å². The predicted octanol–water partition coefficient (Wildman–Crippen LogP) is 4.11. The number of halogens is 3. The van der Waals surface area contributed by atoms with Crippen LogP contribution in [-0.2, 0) is 11.2 Å². The van der Waals surface area contributed by atoms with Crippen LogP contribution in [0.25, 0.3) is 22.3 Å². The number of aryl methyl sites for hydroxylation is 1. The molecule has 4 rings (SSSR count). The van der Waals surface area contributed by atoms with E-state index in [1.807, 2.05) is 12.1 Å². The number of nitrogens with zero attached hydrogens (tertiary/aromatic N) is 3. The quantitative estimate of drug-likeness (QED) is 0.685. The summed E-state index contributed by atoms with van der Waals surface area (Å²) in [7, 11) is 0. The summed E-state index contributed by atoms with van der Waals surface area (Å²) >= 11 is 0. The third kappa shape index (κ3) is 4.59. The van der Waals surface area contributed by atoms with Crippen molar-refractivity contribution in [1.29, 1.82) is 0 Å². The zero-order chi connectivity index (χ0) is 19.6. The lowest BCUT2D eigenvalue weighted by Crippen LogP contribution is -2.28. The molecule has 3 aromatic rings. The molecule has 0 unspecified atom stereocenters. The number of rotatable bonds is 5. The molecule has 1 aliphatic heterocycles. The third-order valence-corrected chi connectivity index (χ3v) is 4.69. The molecule has 0 aliphatic carbocycles. The zero-order valence-corrected chi connectivity index (χ0v) is 15.1. The third-order valence-electron chi connectivity index (χ3n) is 4.69. The minimum atomic E-state index is -4.22. The molecule has 9 heteroatoms. The van der Waals surface area contributed by atoms with Gasteiger partial charge in [0.05, 0.1) is 23.3 Å². The normalized spacial score (nSPS) is 15.8. The molecule has 0 spiro atoms. The molecule has 0 atom stereocenters. The number of hydrogen-bond donors (Lipinski definition) is 2. The highest BCUT2D eigenvalue weighted by molar-refractivity contribution is 5.86. The molecule has 148 valence electrons. The first-order chi connectivity index (χ1) is 13.5. The van der Waals surface area contributed by atoms with E-state index in [1.165, 1.54) is 6.20 Å². The highest BCUT2D eigenvalue weighted by atomic mass is 19.4. The maximum absolute atomic E-state index is 12.4. The van der Waals surface area contributed by atoms with Crippen molar-refractivity contribution in [2.45, 2.75) is 37.9 Å². The van der Waals surface area contributed by atoms with Crippen molar-refractivity contribution in [1.82, 2.24) is 19.9 Å². The van der Waals surface area contributed by atoms with Gasteiger partial charge in [0.1, 0.15) is 11.6 Å². The van der Waals surface area contributed by atoms with Crippen LogP contribution in [-0.4, -0.2) is 45.4 Å². The Morgan fingerprint density at radius 1 is 1.18 bits per heavy atom. The lowest BCUT2D eigenvalue weighted by atomic mass is 10.1. The Bertz CT molecular complexity index is 950. The van der Waals surface area contributed by atoms with Gasteiger partial charge < -0.3 is 15.0 Å². The maximum atomic E-state index is 12.4. The van der Waals surface area contributed by atoms with Gasteiger partial charge in [0.25, 0.3) is 0 Å². The minimum Gasteiger partial charge on any atom is -0.381 e. The van der Waals surface area contributed by atoms with Crippen molar-refractivity contribution in [3.8, 4) is 11.4 Å². The summed E-state index contributed by atoms with van der Waals surface area (Å²) in [6.07, 6.45) is -0.264. The van der Waals surface area contributed by atoms with E-state index in [0.717, 1.165) is 48.5 Å². The summed E-state index contributed by atoms with van der Waals surface area (Å²) in [5.41, 5.74) is 2.16. The monoisotopic (exact) mass is 391 g/mol. The fourth-order valence-corrected chi connectivity index (χ4v) is 3.22. The topological polar surface area (TPSA) is 75.7 Å². The molecule has 3 aromatic heterocycles. The van der Waals surface area contributed by atoms with Gasteiger partial charge in [-0.25, -0.2) is 15.0 Å². The smallest absolute Gasteiger partial charge is 0.381 e. The maximum Gasteiger partial charge on any atom is 0.389 e. The summed E-state index contributed by atoms with van der Waals surface area (Å²) in [4.78, 5) is 15.9. The van der Waals surface area contributed by atoms with Crippen LogP contribution < -0.4 is 5.32 Å². The second-order valence-electron chi connectivity index (χ2n) is 6.84. The molecular weight excluding hydrogens is 371 g/mol. The van der Waals surface area contributed by atoms with Crippen LogP contribution in [0.1, 0.15) is 25.1 Å². The van der Waals surface area contributed by atoms with E-state index in [4.69, 9.17) is 4.74 Å². The molecule has 0 bridgehead atoms. The molecule has 1 fully saturated rings. The van der Waals surface area contributed by atoms with Crippen LogP contribution in [0, 0.1) is 0 Å². The number of ether oxygens (including phenoxy) is 1. The average molecular weight is 391 g/mol. The average Bonchev–Trinajstić information content (AvgIpc) is 3.10. The molecule has 4 heterocycles. The highest BCUT2D eigenvalue weighted by Gasteiger charge is 2.27. The van der Waals surface area contributed by atoms with Gasteiger partial charge in [0, 0.05) is 49.5 Å². The Kier molecular flexibility index (Phi) is 5.17. The van der Waals surface area contributed by atoms with Gasteiger partial charge in [-0.1, -0.05) is 0 Å². The van der Waals surface area contributed by atoms with Crippen LogP contribution >= 0.6 is 0 Å². The van der Waals surface area contributed by atoms with Crippen LogP contribution in [0.4, 0.5) is 19.0 Å². The van der Waals surface area contributed by atoms with E-state index in [-0.39, 0.29) is 12.2 Å². The first-order valence-corrected chi connectivity index (χ1v) is 9.18. The van der Waals surface area contributed by atoms with Crippen LogP contribution in [0.3, 0.4) is 0 Å². The highest BCUT2D eigenvalue weighted by Crippen LogP contribution is 2.26. The largest absolute Gasteiger partial charge is 0.389 e. The van der Waals surface area contributed by atoms with Crippen LogP contribution in [0.15, 0.2) is 30.6 Å². The second-order valence-corrected chi connectivity index (χ2v) is 6.84. The van der Waals surface area contributed by atoms with E-state index in [1.54, 1.807) is 12.3 Å². The Balaban J connectivity index is 1.52. The fraction of sp³-hybridized carbons (Fsp3) is 0.421. The van der Waals surface area contributed by atoms with Crippen molar-refractivity contribution in [2.75, 3.05) is 18.5 Å². The molecular formula is C19H20F3N5O. The lowest BCUT2D eigenvalue weighted by molar-refractivity contribution is -0.134. The number of pyridine rings is 1. The number of hydrogen-bond acceptors (Lipinski definition) is 5. The first kappa shape index (κ1) is 18.7. The first-order valence-electron chi connectivity index (χ1n) is 9.18. The number of nitrogens with one attached hydrogen (secondary N) is 2. The summed E-state index contributed by atoms with van der Waals surface area (Å²) in [5.74, 6) is 0.954. The molecule has 28 heavy (non-hydrogen) atoms. The molecule has 0 aromatic carbocycles. The Labute approximate surface area is 159 Å². The van der Waals surface area contributed by atoms with Gasteiger partial charge in [-0.15, -0.1) is 0 Å². The molecule has 0 radical (unpaired) electrons. The van der Waals surface area contributed by atoms with E-state index < -0.39 is 12.6 Å². The zero-order valence-electron chi connectivity index (χ0n) is 15.1. The molecule has 6 nitrogen and oxygen atoms in total. The fourth-order valence-electron chi connectivity index (χ4n) is 3.22. The van der Waals surface area contributed by atoms with Gasteiger partial charge in [-0.3, -0.25) is 0 Å². The summed E-state index contributed by atoms with van der Waals surface area (Å²) in [6.45, 7) is 1.49. The number of H-pyrrole nitrogens is 1. The van der Waals surface area contributed by atoms with E-state index in [2.05, 4.69) is 25.3 Å². The standard InChI is InChI=1S/C19H20F3N5O/c20-19(21,22)5-1-17-23-6-2-14(27-17)16-9-12-11-24-18(10-15(12)26-16)25-13-3-7-28-8-4-13/h2,6,9-11,13,26H,1,3-5,7-8H2,(H,24,25). The predicted molar refractivity (Wildman–Crippen MR) is 99.0 cm³/mol. The number of aromatic nitrogens is 4. The Morgan fingerprint density at radius 3 is 2.79 bits per heavy atom. The SMILES string of the molecule is FC(F)(F)CCc1nccc(-c2cc3cnc(NC4CCOCC4)cc3[nH]2)n1. The second kappa shape index (κ2) is 7.75. The van der Waals surface area contributed by atoms with Gasteiger partial charge in [0.2, 0.25) is 0 Å². The number of fused-ring (bicyclic) bond motifs is 1. The lowest BCUT2D eigenvalue weighted by Gasteiger charge is -2.23. The number of aromatic amines is 1. The number of alkyl halides is 3. The van der Waals surface area contributed by atoms with Crippen LogP contribution in [0.2, 0.25) is 0 Å². The molecule has 2 N–H and O–H groups in total. The van der Waals surface area contributed by atoms with Crippen molar-refractivity contribution in [3.63, 3.8) is 0 Å². The van der Waals surface area contributed by atoms with E-state index >= 15 is 0 Å². The Morgan fingerprint density at radius 2 is 2.00 bits per heavy atom. The van der Waals surface area contributed by atoms with Gasteiger partial charge in [0.15, 0.2) is 0 Å². The van der Waals surface area contributed by atoms with E-state index in [9.17, 15) is 13.2 Å². The minimum absolute atomic E-state index is 0.175. The summed E-state index contributed by atoms with van der Waals surface area (Å²) < 4.78 is 42.7. The van der Waals surface area contributed by atoms with Crippen LogP contribution in [0.5, 0.6) is 0 Å². The summed E-state index contributed by atoms with van der Waals surface area (Å²) in [6, 6.07) is 5.83. The molecule has 0 amide bonds. The molecule has 1 aliphatic rings. The van der Waals surface area contributed by atoms with Crippen molar-refractivity contribution < 1.29 is 17.9 Å². The van der Waals surface area contributed by atoms with Gasteiger partial charge in [-0.2, -0.15) is 13.2 Å². The van der Waals surface area contributed by atoms with Crippen molar-refractivity contribution in [3.05, 3.63) is 36.4 Å². The molecule has 0 saturated carbocycles. The Hall–Kier alpha value is -2.68. The van der Waals surface area contributed by atoms with Gasteiger partial charge in [-0.05, 0) is 25.0 Å².